The number of pyridine rings is 2. The van der Waals surface area contributed by atoms with Crippen molar-refractivity contribution < 1.29 is 9.59 Å². The second kappa shape index (κ2) is 10.4. The zero-order valence-electron chi connectivity index (χ0n) is 18.6. The fourth-order valence-electron chi connectivity index (χ4n) is 3.93. The van der Waals surface area contributed by atoms with Crippen molar-refractivity contribution in [1.29, 1.82) is 0 Å². The molecule has 7 heteroatoms. The number of amides is 2. The quantitative estimate of drug-likeness (QED) is 0.687. The summed E-state index contributed by atoms with van der Waals surface area (Å²) in [7, 11) is 0. The van der Waals surface area contributed by atoms with E-state index in [2.05, 4.69) is 10.3 Å². The van der Waals surface area contributed by atoms with E-state index in [1.807, 2.05) is 32.9 Å². The Hall–Kier alpha value is -2.96. The van der Waals surface area contributed by atoms with E-state index in [4.69, 9.17) is 0 Å². The van der Waals surface area contributed by atoms with Crippen molar-refractivity contribution in [2.45, 2.75) is 65.0 Å². The van der Waals surface area contributed by atoms with Gasteiger partial charge in [0, 0.05) is 43.9 Å². The first-order valence-corrected chi connectivity index (χ1v) is 11.2. The number of piperidine rings is 1. The molecule has 2 aromatic heterocycles. The maximum atomic E-state index is 13.6. The van der Waals surface area contributed by atoms with Crippen molar-refractivity contribution in [2.75, 3.05) is 13.1 Å². The maximum Gasteiger partial charge on any atom is 0.259 e. The smallest absolute Gasteiger partial charge is 0.259 e. The molecule has 1 aliphatic heterocycles. The average molecular weight is 425 g/mol. The monoisotopic (exact) mass is 424 g/mol. The molecular formula is C24H32N4O3. The lowest BCUT2D eigenvalue weighted by atomic mass is 9.95. The lowest BCUT2D eigenvalue weighted by molar-refractivity contribution is 0.0608. The number of hydrogen-bond acceptors (Lipinski definition) is 4. The van der Waals surface area contributed by atoms with Crippen LogP contribution < -0.4 is 10.7 Å². The van der Waals surface area contributed by atoms with Gasteiger partial charge in [-0.2, -0.15) is 0 Å². The predicted molar refractivity (Wildman–Crippen MR) is 120 cm³/mol. The molecule has 1 fully saturated rings. The summed E-state index contributed by atoms with van der Waals surface area (Å²) < 4.78 is 1.77. The van der Waals surface area contributed by atoms with Crippen molar-refractivity contribution in [1.82, 2.24) is 19.8 Å². The third-order valence-corrected chi connectivity index (χ3v) is 5.77. The minimum absolute atomic E-state index is 0.00446. The van der Waals surface area contributed by atoms with Crippen LogP contribution in [0.3, 0.4) is 0 Å². The third-order valence-electron chi connectivity index (χ3n) is 5.77. The van der Waals surface area contributed by atoms with Crippen molar-refractivity contribution in [3.05, 3.63) is 63.8 Å². The predicted octanol–water partition coefficient (Wildman–Crippen LogP) is 3.72. The Bertz CT molecular complexity index is 969. The molecule has 1 saturated heterocycles. The SMILES string of the molecule is CCCCNC(=O)c1cn(C(C)C)cc(C(=O)N2CCCCC2c2cccnc2)c1=O. The number of carbonyl (C=O) groups excluding carboxylic acids is 2. The Morgan fingerprint density at radius 2 is 2.00 bits per heavy atom. The molecule has 0 spiro atoms. The fraction of sp³-hybridized carbons (Fsp3) is 0.500. The third kappa shape index (κ3) is 5.21. The Morgan fingerprint density at radius 1 is 1.23 bits per heavy atom. The first-order chi connectivity index (χ1) is 14.9. The standard InChI is InChI=1S/C24H32N4O3/c1-4-5-12-26-23(30)19-15-27(17(2)3)16-20(22(19)29)24(31)28-13-7-6-10-21(28)18-9-8-11-25-14-18/h8-9,11,14-17,21H,4-7,10,12-13H2,1-3H3,(H,26,30). The molecule has 3 heterocycles. The van der Waals surface area contributed by atoms with Crippen molar-refractivity contribution in [2.24, 2.45) is 0 Å². The molecule has 2 aromatic rings. The summed E-state index contributed by atoms with van der Waals surface area (Å²) in [6.45, 7) is 7.03. The highest BCUT2D eigenvalue weighted by Gasteiger charge is 2.31. The van der Waals surface area contributed by atoms with Gasteiger partial charge in [0.25, 0.3) is 11.8 Å². The number of likely N-dealkylation sites (tertiary alicyclic amines) is 1. The number of rotatable bonds is 7. The molecule has 31 heavy (non-hydrogen) atoms. The number of hydrogen-bond donors (Lipinski definition) is 1. The van der Waals surface area contributed by atoms with E-state index >= 15 is 0 Å². The largest absolute Gasteiger partial charge is 0.352 e. The highest BCUT2D eigenvalue weighted by molar-refractivity contribution is 5.99. The van der Waals surface area contributed by atoms with E-state index < -0.39 is 11.3 Å². The molecule has 0 radical (unpaired) electrons. The Balaban J connectivity index is 1.98. The summed E-state index contributed by atoms with van der Waals surface area (Å²) in [6, 6.07) is 3.71. The van der Waals surface area contributed by atoms with Crippen LogP contribution in [0.1, 0.15) is 91.2 Å². The van der Waals surface area contributed by atoms with E-state index in [0.717, 1.165) is 37.7 Å². The van der Waals surface area contributed by atoms with E-state index in [-0.39, 0.29) is 29.1 Å². The first-order valence-electron chi connectivity index (χ1n) is 11.2. The molecule has 3 rings (SSSR count). The molecule has 0 bridgehead atoms. The Kier molecular flexibility index (Phi) is 7.60. The van der Waals surface area contributed by atoms with Gasteiger partial charge in [0.15, 0.2) is 0 Å². The second-order valence-electron chi connectivity index (χ2n) is 8.36. The molecule has 1 unspecified atom stereocenters. The summed E-state index contributed by atoms with van der Waals surface area (Å²) in [5.74, 6) is -0.749. The van der Waals surface area contributed by atoms with Gasteiger partial charge in [-0.05, 0) is 51.2 Å². The lowest BCUT2D eigenvalue weighted by Crippen LogP contribution is -2.42. The van der Waals surface area contributed by atoms with Crippen LogP contribution in [0.2, 0.25) is 0 Å². The second-order valence-corrected chi connectivity index (χ2v) is 8.36. The number of nitrogens with one attached hydrogen (secondary N) is 1. The molecule has 166 valence electrons. The Labute approximate surface area is 183 Å². The molecule has 1 aliphatic rings. The van der Waals surface area contributed by atoms with Gasteiger partial charge in [-0.1, -0.05) is 19.4 Å². The molecule has 1 atom stereocenters. The Morgan fingerprint density at radius 3 is 2.68 bits per heavy atom. The van der Waals surface area contributed by atoms with E-state index in [0.29, 0.717) is 13.1 Å². The number of nitrogens with zero attached hydrogens (tertiary/aromatic N) is 3. The van der Waals surface area contributed by atoms with Gasteiger partial charge in [0.2, 0.25) is 5.43 Å². The van der Waals surface area contributed by atoms with Crippen LogP contribution in [-0.4, -0.2) is 39.4 Å². The fourth-order valence-corrected chi connectivity index (χ4v) is 3.93. The summed E-state index contributed by atoms with van der Waals surface area (Å²) in [5.41, 5.74) is 0.526. The van der Waals surface area contributed by atoms with Crippen LogP contribution in [0, 0.1) is 0 Å². The summed E-state index contributed by atoms with van der Waals surface area (Å²) in [5, 5.41) is 2.80. The topological polar surface area (TPSA) is 84.3 Å². The number of aromatic nitrogens is 2. The van der Waals surface area contributed by atoms with Gasteiger partial charge in [0.05, 0.1) is 6.04 Å². The summed E-state index contributed by atoms with van der Waals surface area (Å²) in [4.78, 5) is 45.4. The zero-order valence-corrected chi connectivity index (χ0v) is 18.6. The normalized spacial score (nSPS) is 16.4. The minimum Gasteiger partial charge on any atom is -0.352 e. The van der Waals surface area contributed by atoms with E-state index in [1.54, 1.807) is 34.3 Å². The average Bonchev–Trinajstić information content (AvgIpc) is 2.79. The van der Waals surface area contributed by atoms with Crippen LogP contribution >= 0.6 is 0 Å². The highest BCUT2D eigenvalue weighted by atomic mass is 16.2. The van der Waals surface area contributed by atoms with Crippen molar-refractivity contribution in [3.8, 4) is 0 Å². The first kappa shape index (κ1) is 22.7. The van der Waals surface area contributed by atoms with Crippen LogP contribution in [0.25, 0.3) is 0 Å². The molecule has 0 aliphatic carbocycles. The van der Waals surface area contributed by atoms with Gasteiger partial charge < -0.3 is 14.8 Å². The van der Waals surface area contributed by atoms with E-state index in [1.165, 1.54) is 0 Å². The molecule has 0 aromatic carbocycles. The molecule has 0 saturated carbocycles. The van der Waals surface area contributed by atoms with Gasteiger partial charge in [-0.25, -0.2) is 0 Å². The van der Waals surface area contributed by atoms with Gasteiger partial charge in [-0.15, -0.1) is 0 Å². The minimum atomic E-state index is -0.508. The highest BCUT2D eigenvalue weighted by Crippen LogP contribution is 2.31. The molecule has 7 nitrogen and oxygen atoms in total. The molecule has 2 amide bonds. The molecule has 1 N–H and O–H groups in total. The van der Waals surface area contributed by atoms with Gasteiger partial charge in [-0.3, -0.25) is 19.4 Å². The zero-order chi connectivity index (χ0) is 22.4. The van der Waals surface area contributed by atoms with Crippen molar-refractivity contribution in [3.63, 3.8) is 0 Å². The van der Waals surface area contributed by atoms with Gasteiger partial charge in [0.1, 0.15) is 11.1 Å². The molecular weight excluding hydrogens is 392 g/mol. The maximum absolute atomic E-state index is 13.6. The lowest BCUT2D eigenvalue weighted by Gasteiger charge is -2.36. The summed E-state index contributed by atoms with van der Waals surface area (Å²) >= 11 is 0. The number of carbonyl (C=O) groups is 2. The van der Waals surface area contributed by atoms with Crippen LogP contribution in [0.5, 0.6) is 0 Å². The van der Waals surface area contributed by atoms with Gasteiger partial charge >= 0.3 is 0 Å². The van der Waals surface area contributed by atoms with Crippen molar-refractivity contribution >= 4 is 11.8 Å². The number of unbranched alkanes of at least 4 members (excludes halogenated alkanes) is 1. The van der Waals surface area contributed by atoms with Crippen LogP contribution in [0.15, 0.2) is 41.7 Å². The van der Waals surface area contributed by atoms with Crippen LogP contribution in [0.4, 0.5) is 0 Å². The van der Waals surface area contributed by atoms with E-state index in [9.17, 15) is 14.4 Å². The summed E-state index contributed by atoms with van der Waals surface area (Å²) in [6.07, 6.45) is 11.1. The van der Waals surface area contributed by atoms with Crippen LogP contribution in [-0.2, 0) is 0 Å².